The average Bonchev–Trinajstić information content (AvgIpc) is 1.47. The Kier molecular flexibility index (Phi) is 31.6. The van der Waals surface area contributed by atoms with Crippen molar-refractivity contribution in [2.75, 3.05) is 52.4 Å². The van der Waals surface area contributed by atoms with Gasteiger partial charge in [-0.15, -0.1) is 45.3 Å². The highest BCUT2D eigenvalue weighted by atomic mass is 35.5. The number of Topliss-reactive ketones (excluding diaryl/α,β-unsaturated/α-hetero) is 6. The molecule has 24 heteroatoms. The quantitative estimate of drug-likeness (QED) is 0.0471. The number of thiazole rings is 4. The third-order valence-corrected chi connectivity index (χ3v) is 34.5. The van der Waals surface area contributed by atoms with E-state index in [-0.39, 0.29) is 34.7 Å². The van der Waals surface area contributed by atoms with E-state index in [1.807, 2.05) is 135 Å². The Balaban J connectivity index is 0.000000122. The molecule has 19 nitrogen and oxygen atoms in total. The third-order valence-electron chi connectivity index (χ3n) is 29.3. The Morgan fingerprint density at radius 1 is 0.344 bits per heavy atom. The predicted molar refractivity (Wildman–Crippen MR) is 528 cm³/mol. The monoisotopic (exact) mass is 1850 g/mol. The molecule has 8 aromatic heterocycles. The van der Waals surface area contributed by atoms with Crippen molar-refractivity contribution in [2.24, 2.45) is 47.3 Å². The summed E-state index contributed by atoms with van der Waals surface area (Å²) in [5, 5.41) is 16.3. The van der Waals surface area contributed by atoms with E-state index in [4.69, 9.17) is 16.6 Å². The lowest BCUT2D eigenvalue weighted by molar-refractivity contribution is 0.0778. The summed E-state index contributed by atoms with van der Waals surface area (Å²) in [5.41, 5.74) is 10.6. The number of fused-ring (bicyclic) bond motifs is 8. The number of pyridine rings is 4. The molecule has 4 aliphatic heterocycles. The Morgan fingerprint density at radius 3 is 0.885 bits per heavy atom. The summed E-state index contributed by atoms with van der Waals surface area (Å²) in [5.74, 6) is 6.28. The first-order valence-electron chi connectivity index (χ1n) is 48.4. The summed E-state index contributed by atoms with van der Waals surface area (Å²) < 4.78 is 0.680. The molecule has 0 spiro atoms. The molecule has 686 valence electrons. The van der Waals surface area contributed by atoms with Crippen LogP contribution in [0.15, 0.2) is 146 Å². The summed E-state index contributed by atoms with van der Waals surface area (Å²) >= 11 is 12.5. The van der Waals surface area contributed by atoms with E-state index in [0.717, 1.165) is 249 Å². The number of hydrogen-bond donors (Lipinski definition) is 1. The fraction of sp³-hybridized carbons (Fsp3) is 0.495. The number of carbonyl (C=O) groups excluding carboxylic acids is 6. The molecule has 0 bridgehead atoms. The van der Waals surface area contributed by atoms with Crippen LogP contribution in [0.4, 0.5) is 0 Å². The molecule has 1 N–H and O–H groups in total. The van der Waals surface area contributed by atoms with Gasteiger partial charge in [0, 0.05) is 180 Å². The number of ketones is 6. The summed E-state index contributed by atoms with van der Waals surface area (Å²) in [7, 11) is 0. The van der Waals surface area contributed by atoms with Crippen molar-refractivity contribution in [3.05, 3.63) is 230 Å². The van der Waals surface area contributed by atoms with Crippen LogP contribution in [0, 0.1) is 47.3 Å². The summed E-state index contributed by atoms with van der Waals surface area (Å²) in [6.07, 6.45) is 37.9. The Bertz CT molecular complexity index is 5800. The molecule has 0 radical (unpaired) electrons. The van der Waals surface area contributed by atoms with Crippen LogP contribution in [0.2, 0.25) is 4.47 Å². The van der Waals surface area contributed by atoms with E-state index in [1.54, 1.807) is 84.0 Å². The first kappa shape index (κ1) is 93.9. The van der Waals surface area contributed by atoms with Crippen LogP contribution in [-0.2, 0) is 57.5 Å². The van der Waals surface area contributed by atoms with Crippen molar-refractivity contribution in [1.29, 1.82) is 0 Å². The maximum atomic E-state index is 13.0. The lowest BCUT2D eigenvalue weighted by atomic mass is 9.78. The van der Waals surface area contributed by atoms with Gasteiger partial charge in [0.15, 0.2) is 49.2 Å². The minimum atomic E-state index is -0.850. The second-order valence-electron chi connectivity index (χ2n) is 39.0. The minimum Gasteiger partial charge on any atom is -0.383 e. The topological polar surface area (TPSA) is 239 Å². The summed E-state index contributed by atoms with van der Waals surface area (Å²) in [4.78, 5) is 127. The van der Waals surface area contributed by atoms with Gasteiger partial charge >= 0.3 is 0 Å². The fourth-order valence-corrected chi connectivity index (χ4v) is 25.7. The third kappa shape index (κ3) is 24.5. The van der Waals surface area contributed by atoms with Crippen LogP contribution in [0.3, 0.4) is 0 Å². The highest BCUT2D eigenvalue weighted by molar-refractivity contribution is 7.16. The first-order valence-corrected chi connectivity index (χ1v) is 52.0. The molecule has 0 saturated heterocycles. The van der Waals surface area contributed by atoms with Crippen LogP contribution < -0.4 is 0 Å². The van der Waals surface area contributed by atoms with E-state index in [1.165, 1.54) is 121 Å². The van der Waals surface area contributed by atoms with E-state index < -0.39 is 5.60 Å². The van der Waals surface area contributed by atoms with Gasteiger partial charge in [0.1, 0.15) is 10.6 Å². The first-order chi connectivity index (χ1) is 63.6. The van der Waals surface area contributed by atoms with Crippen molar-refractivity contribution in [1.82, 2.24) is 59.5 Å². The molecular formula is C107H125ClN12O7S4. The van der Waals surface area contributed by atoms with E-state index in [0.29, 0.717) is 63.8 Å². The van der Waals surface area contributed by atoms with Gasteiger partial charge in [-0.3, -0.25) is 68.3 Å². The fourth-order valence-electron chi connectivity index (χ4n) is 21.5. The van der Waals surface area contributed by atoms with Crippen LogP contribution >= 0.6 is 56.9 Å². The molecule has 4 aliphatic carbocycles. The molecule has 4 aromatic carbocycles. The molecule has 0 atom stereocenters. The standard InChI is InChI=1S/C28H35N3O2S.2C27H31N3O2S.C25H28ClN3OS/c1-28(2,33)27-30-24-18-31(16-13-26(24)34-27)15-12-19-8-10-20(11-9-19)17-25(32)22-5-3-7-23-21(22)6-4-14-29-23;2*1-18(31)27-29-24-17-30(15-12-26(24)33-27)14-11-19-7-9-20(10-8-19)16-25(32)22-4-2-6-23-21(22)5-3-13-28-23;26-25-28-22-16-29(14-11-24(22)31-25)13-10-17-6-8-18(9-7-17)15-23(30)20-3-1-5-21-19(20)4-2-12-27-21/h3-7,14,19-20,33H,8-13,15-18H2,1-2H3;2*2-6,13,19-20H,7-12,14-17H2,1H3;1-5,12,17-18H,6-11,13-16H2. The van der Waals surface area contributed by atoms with Crippen molar-refractivity contribution >= 4 is 135 Å². The SMILES string of the molecule is CC(=O)c1nc2c(s1)CCN(CCC1CCC(CC(=O)c3cccc4ncccc34)CC1)C2.CC(=O)c1nc2c(s1)CCN(CCC1CCC(CC(=O)c3cccc4ncccc34)CC1)C2.CC(C)(O)c1nc2c(s1)CCN(CCC1CCC(CC(=O)c3cccc4ncccc34)CC1)C2.O=C(CC1CCC(CCN2CCc3sc(Cl)nc3C2)CC1)c1cccc2ncccc12. The summed E-state index contributed by atoms with van der Waals surface area (Å²) in [6.45, 7) is 19.3. The van der Waals surface area contributed by atoms with Gasteiger partial charge in [-0.05, 0) is 239 Å². The predicted octanol–water partition coefficient (Wildman–Crippen LogP) is 23.4. The number of aliphatic hydroxyl groups is 1. The number of carbonyl (C=O) groups is 6. The zero-order valence-corrected chi connectivity index (χ0v) is 80.6. The van der Waals surface area contributed by atoms with E-state index in [2.05, 4.69) is 54.5 Å². The van der Waals surface area contributed by atoms with E-state index in [9.17, 15) is 33.9 Å². The highest BCUT2D eigenvalue weighted by Crippen LogP contribution is 2.42. The van der Waals surface area contributed by atoms with Gasteiger partial charge < -0.3 is 5.11 Å². The van der Waals surface area contributed by atoms with Crippen LogP contribution in [0.5, 0.6) is 0 Å². The Hall–Kier alpha value is -8.85. The number of hydrogen-bond acceptors (Lipinski definition) is 23. The second kappa shape index (κ2) is 44.1. The minimum absolute atomic E-state index is 0.0771. The maximum absolute atomic E-state index is 13.0. The lowest BCUT2D eigenvalue weighted by Gasteiger charge is -2.31. The molecule has 4 saturated carbocycles. The van der Waals surface area contributed by atoms with Crippen molar-refractivity contribution in [2.45, 2.75) is 239 Å². The normalized spacial score (nSPS) is 21.4. The van der Waals surface area contributed by atoms with Crippen LogP contribution in [-0.4, -0.2) is 152 Å². The zero-order valence-electron chi connectivity index (χ0n) is 76.5. The second-order valence-corrected chi connectivity index (χ2v) is 43.9. The van der Waals surface area contributed by atoms with Crippen LogP contribution in [0.1, 0.15) is 290 Å². The van der Waals surface area contributed by atoms with Gasteiger partial charge in [0.05, 0.1) is 44.8 Å². The van der Waals surface area contributed by atoms with E-state index >= 15 is 0 Å². The number of nitrogens with zero attached hydrogens (tertiary/aromatic N) is 12. The Morgan fingerprint density at radius 2 is 0.603 bits per heavy atom. The number of aromatic nitrogens is 8. The lowest BCUT2D eigenvalue weighted by Crippen LogP contribution is -2.32. The van der Waals surface area contributed by atoms with Crippen molar-refractivity contribution in [3.8, 4) is 0 Å². The van der Waals surface area contributed by atoms with Gasteiger partial charge in [-0.2, -0.15) is 0 Å². The highest BCUT2D eigenvalue weighted by Gasteiger charge is 2.34. The van der Waals surface area contributed by atoms with Crippen LogP contribution in [0.25, 0.3) is 43.6 Å². The molecule has 12 aromatic rings. The number of rotatable bonds is 27. The largest absolute Gasteiger partial charge is 0.383 e. The molecule has 4 fully saturated rings. The molecule has 0 unspecified atom stereocenters. The average molecular weight is 1850 g/mol. The molecule has 0 amide bonds. The molecule has 12 heterocycles. The molecule has 131 heavy (non-hydrogen) atoms. The van der Waals surface area contributed by atoms with Gasteiger partial charge in [0.2, 0.25) is 0 Å². The maximum Gasteiger partial charge on any atom is 0.188 e. The molecule has 8 aliphatic rings. The number of halogens is 1. The van der Waals surface area contributed by atoms with Gasteiger partial charge in [-0.25, -0.2) is 19.9 Å². The number of benzene rings is 4. The Labute approximate surface area is 791 Å². The smallest absolute Gasteiger partial charge is 0.188 e. The molecular weight excluding hydrogens is 1730 g/mol. The van der Waals surface area contributed by atoms with Crippen molar-refractivity contribution < 1.29 is 33.9 Å². The zero-order chi connectivity index (χ0) is 90.5. The van der Waals surface area contributed by atoms with Gasteiger partial charge in [0.25, 0.3) is 0 Å². The molecule has 20 rings (SSSR count). The summed E-state index contributed by atoms with van der Waals surface area (Å²) in [6, 6.07) is 39.1. The van der Waals surface area contributed by atoms with Crippen molar-refractivity contribution in [3.63, 3.8) is 0 Å². The van der Waals surface area contributed by atoms with Gasteiger partial charge in [-0.1, -0.05) is 136 Å².